The molecule has 2 aromatic rings. The summed E-state index contributed by atoms with van der Waals surface area (Å²) >= 11 is 1.69. The summed E-state index contributed by atoms with van der Waals surface area (Å²) in [5.41, 5.74) is 2.98. The summed E-state index contributed by atoms with van der Waals surface area (Å²) in [6, 6.07) is 12.0. The monoisotopic (exact) mass is 312 g/mol. The molecule has 1 aliphatic rings. The fourth-order valence-corrected chi connectivity index (χ4v) is 3.39. The molecule has 114 valence electrons. The van der Waals surface area contributed by atoms with E-state index in [0.717, 1.165) is 42.3 Å². The molecule has 0 radical (unpaired) electrons. The van der Waals surface area contributed by atoms with E-state index in [1.54, 1.807) is 18.0 Å². The molecular formula is C18H20N2OS. The fourth-order valence-electron chi connectivity index (χ4n) is 2.80. The number of benzene rings is 1. The molecule has 0 bridgehead atoms. The lowest BCUT2D eigenvalue weighted by atomic mass is 10.1. The van der Waals surface area contributed by atoms with Crippen molar-refractivity contribution < 1.29 is 4.79 Å². The number of carbonyl (C=O) groups is 1. The van der Waals surface area contributed by atoms with Crippen LogP contribution in [0.5, 0.6) is 0 Å². The lowest BCUT2D eigenvalue weighted by Gasteiger charge is -2.22. The van der Waals surface area contributed by atoms with Crippen molar-refractivity contribution in [3.63, 3.8) is 0 Å². The second kappa shape index (κ2) is 6.97. The maximum absolute atomic E-state index is 12.9. The van der Waals surface area contributed by atoms with E-state index in [1.807, 2.05) is 35.2 Å². The number of hydrogen-bond acceptors (Lipinski definition) is 3. The van der Waals surface area contributed by atoms with Gasteiger partial charge in [0, 0.05) is 18.4 Å². The lowest BCUT2D eigenvalue weighted by Crippen LogP contribution is -2.31. The summed E-state index contributed by atoms with van der Waals surface area (Å²) in [7, 11) is 0. The summed E-state index contributed by atoms with van der Waals surface area (Å²) in [6.07, 6.45) is 4.92. The molecule has 0 unspecified atom stereocenters. The van der Waals surface area contributed by atoms with E-state index in [-0.39, 0.29) is 5.91 Å². The third kappa shape index (κ3) is 3.17. The van der Waals surface area contributed by atoms with Gasteiger partial charge in [0.15, 0.2) is 0 Å². The van der Waals surface area contributed by atoms with E-state index in [9.17, 15) is 4.79 Å². The molecule has 2 heterocycles. The van der Waals surface area contributed by atoms with Crippen LogP contribution < -0.4 is 4.90 Å². The first-order valence-corrected chi connectivity index (χ1v) is 8.77. The molecule has 22 heavy (non-hydrogen) atoms. The highest BCUT2D eigenvalue weighted by Crippen LogP contribution is 2.27. The minimum absolute atomic E-state index is 0.0508. The number of amides is 1. The third-order valence-corrected chi connectivity index (χ3v) is 4.71. The Morgan fingerprint density at radius 3 is 2.86 bits per heavy atom. The van der Waals surface area contributed by atoms with Crippen LogP contribution in [0.15, 0.2) is 47.6 Å². The van der Waals surface area contributed by atoms with Gasteiger partial charge in [-0.05, 0) is 48.8 Å². The highest BCUT2D eigenvalue weighted by Gasteiger charge is 2.22. The highest BCUT2D eigenvalue weighted by molar-refractivity contribution is 7.99. The Labute approximate surface area is 135 Å². The summed E-state index contributed by atoms with van der Waals surface area (Å²) < 4.78 is 0. The van der Waals surface area contributed by atoms with Gasteiger partial charge in [-0.1, -0.05) is 25.1 Å². The van der Waals surface area contributed by atoms with Crippen LogP contribution in [-0.4, -0.2) is 23.2 Å². The Bertz CT molecular complexity index is 654. The SMILES string of the molecule is CCSc1ccc(C(=O)N2CCCCc3ccccc32)cn1. The van der Waals surface area contributed by atoms with Gasteiger partial charge in [0.05, 0.1) is 10.6 Å². The van der Waals surface area contributed by atoms with Crippen molar-refractivity contribution in [3.8, 4) is 0 Å². The molecule has 1 aromatic carbocycles. The van der Waals surface area contributed by atoms with Gasteiger partial charge >= 0.3 is 0 Å². The zero-order valence-electron chi connectivity index (χ0n) is 12.8. The van der Waals surface area contributed by atoms with Gasteiger partial charge in [0.2, 0.25) is 0 Å². The maximum Gasteiger partial charge on any atom is 0.259 e. The molecule has 3 rings (SSSR count). The fraction of sp³-hybridized carbons (Fsp3) is 0.333. The van der Waals surface area contributed by atoms with E-state index >= 15 is 0 Å². The van der Waals surface area contributed by atoms with Gasteiger partial charge in [-0.25, -0.2) is 4.98 Å². The molecule has 0 saturated heterocycles. The molecule has 0 saturated carbocycles. The average molecular weight is 312 g/mol. The predicted octanol–water partition coefficient (Wildman–Crippen LogP) is 4.18. The summed E-state index contributed by atoms with van der Waals surface area (Å²) in [5.74, 6) is 1.04. The van der Waals surface area contributed by atoms with Crippen LogP contribution >= 0.6 is 11.8 Å². The Balaban J connectivity index is 1.88. The predicted molar refractivity (Wildman–Crippen MR) is 91.7 cm³/mol. The molecule has 0 spiro atoms. The van der Waals surface area contributed by atoms with E-state index in [1.165, 1.54) is 5.56 Å². The number of hydrogen-bond donors (Lipinski definition) is 0. The number of pyridine rings is 1. The molecule has 4 heteroatoms. The standard InChI is InChI=1S/C18H20N2OS/c1-2-22-17-11-10-15(13-19-17)18(21)20-12-6-5-8-14-7-3-4-9-16(14)20/h3-4,7,9-11,13H,2,5-6,8,12H2,1H3. The van der Waals surface area contributed by atoms with Crippen molar-refractivity contribution in [2.45, 2.75) is 31.2 Å². The largest absolute Gasteiger partial charge is 0.308 e. The summed E-state index contributed by atoms with van der Waals surface area (Å²) in [5, 5.41) is 0.968. The van der Waals surface area contributed by atoms with Crippen molar-refractivity contribution in [2.24, 2.45) is 0 Å². The molecular weight excluding hydrogens is 292 g/mol. The first-order valence-electron chi connectivity index (χ1n) is 7.78. The summed E-state index contributed by atoms with van der Waals surface area (Å²) in [4.78, 5) is 19.2. The van der Waals surface area contributed by atoms with Crippen LogP contribution in [0.25, 0.3) is 0 Å². The molecule has 1 aliphatic heterocycles. The van der Waals surface area contributed by atoms with Crippen LogP contribution in [0.1, 0.15) is 35.7 Å². The number of rotatable bonds is 3. The number of aromatic nitrogens is 1. The first kappa shape index (κ1) is 15.1. The van der Waals surface area contributed by atoms with Crippen molar-refractivity contribution in [1.29, 1.82) is 0 Å². The van der Waals surface area contributed by atoms with Gasteiger partial charge in [-0.3, -0.25) is 4.79 Å². The third-order valence-electron chi connectivity index (χ3n) is 3.88. The minimum Gasteiger partial charge on any atom is -0.308 e. The van der Waals surface area contributed by atoms with Crippen molar-refractivity contribution >= 4 is 23.4 Å². The second-order valence-electron chi connectivity index (χ2n) is 5.36. The van der Waals surface area contributed by atoms with Crippen LogP contribution in [-0.2, 0) is 6.42 Å². The summed E-state index contributed by atoms with van der Waals surface area (Å²) in [6.45, 7) is 2.88. The molecule has 0 aliphatic carbocycles. The van der Waals surface area contributed by atoms with Crippen molar-refractivity contribution in [2.75, 3.05) is 17.2 Å². The van der Waals surface area contributed by atoms with Crippen LogP contribution in [0.2, 0.25) is 0 Å². The van der Waals surface area contributed by atoms with Crippen LogP contribution in [0, 0.1) is 0 Å². The number of nitrogens with zero attached hydrogens (tertiary/aromatic N) is 2. The van der Waals surface area contributed by atoms with Crippen LogP contribution in [0.4, 0.5) is 5.69 Å². The molecule has 3 nitrogen and oxygen atoms in total. The number of carbonyl (C=O) groups excluding carboxylic acids is 1. The topological polar surface area (TPSA) is 33.2 Å². The first-order chi connectivity index (χ1) is 10.8. The number of para-hydroxylation sites is 1. The maximum atomic E-state index is 12.9. The zero-order valence-corrected chi connectivity index (χ0v) is 13.6. The molecule has 0 N–H and O–H groups in total. The van der Waals surface area contributed by atoms with E-state index in [0.29, 0.717) is 5.56 Å². The van der Waals surface area contributed by atoms with Gasteiger partial charge in [-0.2, -0.15) is 0 Å². The van der Waals surface area contributed by atoms with E-state index in [4.69, 9.17) is 0 Å². The number of thioether (sulfide) groups is 1. The smallest absolute Gasteiger partial charge is 0.259 e. The Morgan fingerprint density at radius 1 is 1.23 bits per heavy atom. The average Bonchev–Trinajstić information content (AvgIpc) is 2.78. The second-order valence-corrected chi connectivity index (χ2v) is 6.65. The molecule has 0 atom stereocenters. The molecule has 1 amide bonds. The number of fused-ring (bicyclic) bond motifs is 1. The van der Waals surface area contributed by atoms with E-state index < -0.39 is 0 Å². The van der Waals surface area contributed by atoms with Gasteiger partial charge < -0.3 is 4.90 Å². The van der Waals surface area contributed by atoms with Gasteiger partial charge in [0.25, 0.3) is 5.91 Å². The van der Waals surface area contributed by atoms with Gasteiger partial charge in [-0.15, -0.1) is 11.8 Å². The molecule has 1 aromatic heterocycles. The van der Waals surface area contributed by atoms with Crippen molar-refractivity contribution in [1.82, 2.24) is 4.98 Å². The highest BCUT2D eigenvalue weighted by atomic mass is 32.2. The quantitative estimate of drug-likeness (QED) is 0.797. The van der Waals surface area contributed by atoms with Crippen molar-refractivity contribution in [3.05, 3.63) is 53.7 Å². The minimum atomic E-state index is 0.0508. The van der Waals surface area contributed by atoms with Crippen LogP contribution in [0.3, 0.4) is 0 Å². The number of aryl methyl sites for hydroxylation is 1. The number of anilines is 1. The lowest BCUT2D eigenvalue weighted by molar-refractivity contribution is 0.0986. The van der Waals surface area contributed by atoms with Gasteiger partial charge in [0.1, 0.15) is 0 Å². The zero-order chi connectivity index (χ0) is 15.4. The van der Waals surface area contributed by atoms with E-state index in [2.05, 4.69) is 18.0 Å². The normalized spacial score (nSPS) is 14.3. The molecule has 0 fully saturated rings. The Hall–Kier alpha value is -1.81. The Morgan fingerprint density at radius 2 is 2.09 bits per heavy atom. The Kier molecular flexibility index (Phi) is 4.78.